The van der Waals surface area contributed by atoms with E-state index >= 15 is 0 Å². The Hall–Kier alpha value is -2.81. The summed E-state index contributed by atoms with van der Waals surface area (Å²) in [5.41, 5.74) is 1.92. The molecule has 0 radical (unpaired) electrons. The van der Waals surface area contributed by atoms with Crippen molar-refractivity contribution < 1.29 is 9.53 Å². The molecule has 0 aliphatic carbocycles. The lowest BCUT2D eigenvalue weighted by Gasteiger charge is -2.11. The molecule has 3 rings (SSSR count). The fourth-order valence-electron chi connectivity index (χ4n) is 2.82. The number of carbonyl (C=O) groups is 1. The molecule has 122 valence electrons. The Morgan fingerprint density at radius 2 is 1.71 bits per heavy atom. The summed E-state index contributed by atoms with van der Waals surface area (Å²) >= 11 is 0. The van der Waals surface area contributed by atoms with E-state index < -0.39 is 0 Å². The van der Waals surface area contributed by atoms with E-state index in [4.69, 9.17) is 4.74 Å². The van der Waals surface area contributed by atoms with Crippen LogP contribution in [0.4, 0.5) is 5.69 Å². The second kappa shape index (κ2) is 7.64. The molecule has 3 nitrogen and oxygen atoms in total. The van der Waals surface area contributed by atoms with Gasteiger partial charge >= 0.3 is 0 Å². The minimum atomic E-state index is -0.00455. The van der Waals surface area contributed by atoms with Gasteiger partial charge in [-0.05, 0) is 41.8 Å². The van der Waals surface area contributed by atoms with Crippen molar-refractivity contribution in [2.75, 3.05) is 11.9 Å². The minimum absolute atomic E-state index is 0.00455. The van der Waals surface area contributed by atoms with Gasteiger partial charge in [0.1, 0.15) is 5.75 Å². The quantitative estimate of drug-likeness (QED) is 0.708. The van der Waals surface area contributed by atoms with Crippen LogP contribution in [0.3, 0.4) is 0 Å². The van der Waals surface area contributed by atoms with E-state index in [2.05, 4.69) is 29.6 Å². The smallest absolute Gasteiger partial charge is 0.224 e. The molecular formula is C21H21NO2. The van der Waals surface area contributed by atoms with Crippen LogP contribution in [0.1, 0.15) is 18.9 Å². The first-order chi connectivity index (χ1) is 11.8. The van der Waals surface area contributed by atoms with E-state index in [-0.39, 0.29) is 5.91 Å². The number of nitrogens with one attached hydrogen (secondary N) is 1. The highest BCUT2D eigenvalue weighted by Crippen LogP contribution is 2.24. The van der Waals surface area contributed by atoms with Crippen LogP contribution in [0.5, 0.6) is 5.75 Å². The van der Waals surface area contributed by atoms with Gasteiger partial charge in [0.25, 0.3) is 0 Å². The number of hydrogen-bond acceptors (Lipinski definition) is 2. The molecule has 0 saturated carbocycles. The standard InChI is InChI=1S/C21H21NO2/c1-2-24-20-13-6-5-12-19(20)22-21(23)15-14-17-10-7-9-16-8-3-4-11-18(16)17/h3-13H,2,14-15H2,1H3,(H,22,23). The number of carbonyl (C=O) groups excluding carboxylic acids is 1. The van der Waals surface area contributed by atoms with Gasteiger partial charge < -0.3 is 10.1 Å². The van der Waals surface area contributed by atoms with Crippen LogP contribution in [0, 0.1) is 0 Å². The van der Waals surface area contributed by atoms with Gasteiger partial charge in [0.15, 0.2) is 0 Å². The van der Waals surface area contributed by atoms with E-state index in [1.165, 1.54) is 16.3 Å². The molecule has 0 unspecified atom stereocenters. The summed E-state index contributed by atoms with van der Waals surface area (Å²) in [6.45, 7) is 2.50. The summed E-state index contributed by atoms with van der Waals surface area (Å²) in [7, 11) is 0. The van der Waals surface area contributed by atoms with Crippen molar-refractivity contribution in [1.82, 2.24) is 0 Å². The normalized spacial score (nSPS) is 10.5. The maximum atomic E-state index is 12.3. The zero-order valence-electron chi connectivity index (χ0n) is 13.8. The Morgan fingerprint density at radius 1 is 0.958 bits per heavy atom. The molecule has 0 atom stereocenters. The molecule has 24 heavy (non-hydrogen) atoms. The lowest BCUT2D eigenvalue weighted by Crippen LogP contribution is -2.13. The highest BCUT2D eigenvalue weighted by Gasteiger charge is 2.08. The van der Waals surface area contributed by atoms with Gasteiger partial charge in [-0.25, -0.2) is 0 Å². The molecule has 1 N–H and O–H groups in total. The fourth-order valence-corrected chi connectivity index (χ4v) is 2.82. The number of aryl methyl sites for hydroxylation is 1. The number of hydrogen-bond donors (Lipinski definition) is 1. The molecule has 0 aliphatic rings. The largest absolute Gasteiger partial charge is 0.492 e. The summed E-state index contributed by atoms with van der Waals surface area (Å²) < 4.78 is 5.54. The Morgan fingerprint density at radius 3 is 2.58 bits per heavy atom. The maximum Gasteiger partial charge on any atom is 0.224 e. The lowest BCUT2D eigenvalue weighted by molar-refractivity contribution is -0.116. The van der Waals surface area contributed by atoms with Crippen LogP contribution in [0.15, 0.2) is 66.7 Å². The predicted octanol–water partition coefficient (Wildman–Crippen LogP) is 4.81. The zero-order chi connectivity index (χ0) is 16.8. The first-order valence-corrected chi connectivity index (χ1v) is 8.26. The maximum absolute atomic E-state index is 12.3. The number of para-hydroxylation sites is 2. The van der Waals surface area contributed by atoms with Gasteiger partial charge in [0.2, 0.25) is 5.91 Å². The summed E-state index contributed by atoms with van der Waals surface area (Å²) in [6.07, 6.45) is 1.15. The van der Waals surface area contributed by atoms with E-state index in [0.29, 0.717) is 25.2 Å². The van der Waals surface area contributed by atoms with Gasteiger partial charge in [-0.3, -0.25) is 4.79 Å². The van der Waals surface area contributed by atoms with Crippen LogP contribution in [-0.4, -0.2) is 12.5 Å². The first kappa shape index (κ1) is 16.1. The van der Waals surface area contributed by atoms with Crippen LogP contribution >= 0.6 is 0 Å². The molecule has 0 spiro atoms. The molecule has 0 saturated heterocycles. The highest BCUT2D eigenvalue weighted by molar-refractivity contribution is 5.93. The van der Waals surface area contributed by atoms with E-state index in [1.807, 2.05) is 49.4 Å². The average Bonchev–Trinajstić information content (AvgIpc) is 2.62. The van der Waals surface area contributed by atoms with E-state index in [0.717, 1.165) is 5.69 Å². The van der Waals surface area contributed by atoms with Crippen LogP contribution in [0.25, 0.3) is 10.8 Å². The van der Waals surface area contributed by atoms with Crippen molar-refractivity contribution in [1.29, 1.82) is 0 Å². The molecule has 1 amide bonds. The molecule has 3 aromatic rings. The SMILES string of the molecule is CCOc1ccccc1NC(=O)CCc1cccc2ccccc12. The van der Waals surface area contributed by atoms with Gasteiger partial charge in [-0.15, -0.1) is 0 Å². The summed E-state index contributed by atoms with van der Waals surface area (Å²) in [5, 5.41) is 5.37. The minimum Gasteiger partial charge on any atom is -0.492 e. The lowest BCUT2D eigenvalue weighted by atomic mass is 10.0. The average molecular weight is 319 g/mol. The summed E-state index contributed by atoms with van der Waals surface area (Å²) in [5.74, 6) is 0.702. The first-order valence-electron chi connectivity index (χ1n) is 8.26. The second-order valence-corrected chi connectivity index (χ2v) is 5.62. The monoisotopic (exact) mass is 319 g/mol. The molecule has 3 aromatic carbocycles. The van der Waals surface area contributed by atoms with Crippen LogP contribution in [-0.2, 0) is 11.2 Å². The molecule has 0 aliphatic heterocycles. The number of benzene rings is 3. The molecule has 0 bridgehead atoms. The van der Waals surface area contributed by atoms with Gasteiger partial charge in [-0.2, -0.15) is 0 Å². The molecule has 3 heteroatoms. The van der Waals surface area contributed by atoms with Crippen molar-refractivity contribution in [2.45, 2.75) is 19.8 Å². The third-order valence-corrected chi connectivity index (χ3v) is 3.96. The Kier molecular flexibility index (Phi) is 5.12. The summed E-state index contributed by atoms with van der Waals surface area (Å²) in [4.78, 5) is 12.3. The number of anilines is 1. The van der Waals surface area contributed by atoms with Gasteiger partial charge in [-0.1, -0.05) is 54.6 Å². The Balaban J connectivity index is 1.67. The van der Waals surface area contributed by atoms with Crippen molar-refractivity contribution in [2.24, 2.45) is 0 Å². The molecular weight excluding hydrogens is 298 g/mol. The van der Waals surface area contributed by atoms with Crippen LogP contribution < -0.4 is 10.1 Å². The van der Waals surface area contributed by atoms with E-state index in [1.54, 1.807) is 0 Å². The molecule has 0 aromatic heterocycles. The number of fused-ring (bicyclic) bond motifs is 1. The zero-order valence-corrected chi connectivity index (χ0v) is 13.8. The molecule has 0 heterocycles. The van der Waals surface area contributed by atoms with Crippen molar-refractivity contribution in [3.05, 3.63) is 72.3 Å². The van der Waals surface area contributed by atoms with Crippen molar-refractivity contribution in [3.63, 3.8) is 0 Å². The fraction of sp³-hybridized carbons (Fsp3) is 0.190. The number of ether oxygens (including phenoxy) is 1. The van der Waals surface area contributed by atoms with Crippen molar-refractivity contribution >= 4 is 22.4 Å². The van der Waals surface area contributed by atoms with Crippen LogP contribution in [0.2, 0.25) is 0 Å². The Bertz CT molecular complexity index is 837. The van der Waals surface area contributed by atoms with Crippen molar-refractivity contribution in [3.8, 4) is 5.75 Å². The molecule has 0 fully saturated rings. The van der Waals surface area contributed by atoms with Gasteiger partial charge in [0.05, 0.1) is 12.3 Å². The second-order valence-electron chi connectivity index (χ2n) is 5.62. The van der Waals surface area contributed by atoms with E-state index in [9.17, 15) is 4.79 Å². The highest BCUT2D eigenvalue weighted by atomic mass is 16.5. The number of amides is 1. The third kappa shape index (κ3) is 3.74. The van der Waals surface area contributed by atoms with Gasteiger partial charge in [0, 0.05) is 6.42 Å². The Labute approximate surface area is 142 Å². The topological polar surface area (TPSA) is 38.3 Å². The predicted molar refractivity (Wildman–Crippen MR) is 98.5 cm³/mol. The number of rotatable bonds is 6. The third-order valence-electron chi connectivity index (χ3n) is 3.96. The summed E-state index contributed by atoms with van der Waals surface area (Å²) in [6, 6.07) is 22.0.